The standard InChI is InChI=1S/C10H10BrF3O/c11-5-1-2-7-3-4-8(6-9(7)12)15-10(13)14/h3-4,6,10H,1-2,5H2. The van der Waals surface area contributed by atoms with Crippen molar-refractivity contribution in [1.29, 1.82) is 0 Å². The first-order valence-electron chi connectivity index (χ1n) is 4.42. The van der Waals surface area contributed by atoms with E-state index in [-0.39, 0.29) is 5.75 Å². The Morgan fingerprint density at radius 1 is 1.33 bits per heavy atom. The van der Waals surface area contributed by atoms with Crippen molar-refractivity contribution in [3.05, 3.63) is 29.6 Å². The van der Waals surface area contributed by atoms with Gasteiger partial charge in [0.15, 0.2) is 0 Å². The minimum Gasteiger partial charge on any atom is -0.435 e. The van der Waals surface area contributed by atoms with Crippen LogP contribution in [0.15, 0.2) is 18.2 Å². The van der Waals surface area contributed by atoms with Gasteiger partial charge in [-0.05, 0) is 24.5 Å². The SMILES string of the molecule is Fc1cc(OC(F)F)ccc1CCCBr. The number of rotatable bonds is 5. The van der Waals surface area contributed by atoms with Gasteiger partial charge in [-0.25, -0.2) is 4.39 Å². The van der Waals surface area contributed by atoms with Gasteiger partial charge in [0.1, 0.15) is 11.6 Å². The smallest absolute Gasteiger partial charge is 0.387 e. The van der Waals surface area contributed by atoms with E-state index in [4.69, 9.17) is 0 Å². The zero-order valence-electron chi connectivity index (χ0n) is 7.85. The molecule has 0 radical (unpaired) electrons. The van der Waals surface area contributed by atoms with Crippen molar-refractivity contribution in [2.45, 2.75) is 19.5 Å². The van der Waals surface area contributed by atoms with Crippen molar-refractivity contribution in [2.75, 3.05) is 5.33 Å². The summed E-state index contributed by atoms with van der Waals surface area (Å²) >= 11 is 3.23. The molecule has 0 aliphatic carbocycles. The molecule has 1 aromatic carbocycles. The number of benzene rings is 1. The van der Waals surface area contributed by atoms with Gasteiger partial charge in [0.2, 0.25) is 0 Å². The summed E-state index contributed by atoms with van der Waals surface area (Å²) in [5, 5.41) is 0.779. The Morgan fingerprint density at radius 2 is 2.07 bits per heavy atom. The second kappa shape index (κ2) is 6.00. The van der Waals surface area contributed by atoms with Gasteiger partial charge in [-0.2, -0.15) is 8.78 Å². The third-order valence-corrected chi connectivity index (χ3v) is 2.39. The predicted octanol–water partition coefficient (Wildman–Crippen LogP) is 3.75. The van der Waals surface area contributed by atoms with Gasteiger partial charge in [0.25, 0.3) is 0 Å². The summed E-state index contributed by atoms with van der Waals surface area (Å²) in [5.41, 5.74) is 0.510. The van der Waals surface area contributed by atoms with Crippen molar-refractivity contribution in [3.63, 3.8) is 0 Å². The van der Waals surface area contributed by atoms with Gasteiger partial charge in [-0.1, -0.05) is 22.0 Å². The average molecular weight is 283 g/mol. The van der Waals surface area contributed by atoms with Crippen LogP contribution in [0.1, 0.15) is 12.0 Å². The largest absolute Gasteiger partial charge is 0.435 e. The van der Waals surface area contributed by atoms with Crippen LogP contribution in [-0.2, 0) is 6.42 Å². The molecular formula is C10H10BrF3O. The minimum atomic E-state index is -2.92. The van der Waals surface area contributed by atoms with Crippen LogP contribution in [0.4, 0.5) is 13.2 Å². The normalized spacial score (nSPS) is 10.7. The number of alkyl halides is 3. The van der Waals surface area contributed by atoms with Crippen LogP contribution >= 0.6 is 15.9 Å². The number of hydrogen-bond acceptors (Lipinski definition) is 1. The fraction of sp³-hybridized carbons (Fsp3) is 0.400. The molecule has 1 rings (SSSR count). The Hall–Kier alpha value is -0.710. The summed E-state index contributed by atoms with van der Waals surface area (Å²) in [6.45, 7) is -2.92. The van der Waals surface area contributed by atoms with Crippen molar-refractivity contribution < 1.29 is 17.9 Å². The number of ether oxygens (including phenoxy) is 1. The summed E-state index contributed by atoms with van der Waals surface area (Å²) in [5.74, 6) is -0.654. The molecule has 0 fully saturated rings. The van der Waals surface area contributed by atoms with Gasteiger partial charge in [0, 0.05) is 11.4 Å². The molecule has 0 saturated carbocycles. The van der Waals surface area contributed by atoms with Crippen LogP contribution in [0.5, 0.6) is 5.75 Å². The summed E-state index contributed by atoms with van der Waals surface area (Å²) < 4.78 is 41.0. The van der Waals surface area contributed by atoms with E-state index in [9.17, 15) is 13.2 Å². The highest BCUT2D eigenvalue weighted by Gasteiger charge is 2.07. The Labute approximate surface area is 94.4 Å². The summed E-state index contributed by atoms with van der Waals surface area (Å²) in [7, 11) is 0. The molecule has 0 atom stereocenters. The van der Waals surface area contributed by atoms with E-state index >= 15 is 0 Å². The highest BCUT2D eigenvalue weighted by Crippen LogP contribution is 2.19. The van der Waals surface area contributed by atoms with Crippen molar-refractivity contribution in [3.8, 4) is 5.75 Å². The molecule has 1 aromatic rings. The van der Waals surface area contributed by atoms with Gasteiger partial charge < -0.3 is 4.74 Å². The summed E-state index contributed by atoms with van der Waals surface area (Å²) in [6.07, 6.45) is 1.37. The Bertz CT molecular complexity index is 318. The lowest BCUT2D eigenvalue weighted by atomic mass is 10.1. The molecule has 0 aliphatic heterocycles. The van der Waals surface area contributed by atoms with Crippen LogP contribution in [-0.4, -0.2) is 11.9 Å². The summed E-state index contributed by atoms with van der Waals surface area (Å²) in [4.78, 5) is 0. The van der Waals surface area contributed by atoms with Gasteiger partial charge in [-0.3, -0.25) is 0 Å². The highest BCUT2D eigenvalue weighted by atomic mass is 79.9. The van der Waals surface area contributed by atoms with Crippen LogP contribution in [0.2, 0.25) is 0 Å². The summed E-state index contributed by atoms with van der Waals surface area (Å²) in [6, 6.07) is 3.80. The first-order valence-corrected chi connectivity index (χ1v) is 5.55. The molecule has 0 saturated heterocycles. The third-order valence-electron chi connectivity index (χ3n) is 1.83. The van der Waals surface area contributed by atoms with Gasteiger partial charge >= 0.3 is 6.61 Å². The van der Waals surface area contributed by atoms with Crippen molar-refractivity contribution in [1.82, 2.24) is 0 Å². The molecule has 1 nitrogen and oxygen atoms in total. The molecule has 15 heavy (non-hydrogen) atoms. The lowest BCUT2D eigenvalue weighted by molar-refractivity contribution is -0.0500. The molecule has 5 heteroatoms. The lowest BCUT2D eigenvalue weighted by Crippen LogP contribution is -2.02. The second-order valence-corrected chi connectivity index (χ2v) is 3.72. The Kier molecular flexibility index (Phi) is 4.94. The van der Waals surface area contributed by atoms with Crippen LogP contribution < -0.4 is 4.74 Å². The van der Waals surface area contributed by atoms with Crippen LogP contribution in [0.25, 0.3) is 0 Å². The molecule has 0 aromatic heterocycles. The molecule has 0 N–H and O–H groups in total. The molecular weight excluding hydrogens is 273 g/mol. The average Bonchev–Trinajstić information content (AvgIpc) is 2.15. The third kappa shape index (κ3) is 4.11. The maximum absolute atomic E-state index is 13.3. The Balaban J connectivity index is 2.69. The maximum Gasteiger partial charge on any atom is 0.387 e. The fourth-order valence-corrected chi connectivity index (χ4v) is 1.44. The predicted molar refractivity (Wildman–Crippen MR) is 55.1 cm³/mol. The van der Waals surface area contributed by atoms with E-state index in [2.05, 4.69) is 20.7 Å². The lowest BCUT2D eigenvalue weighted by Gasteiger charge is -2.06. The van der Waals surface area contributed by atoms with E-state index < -0.39 is 12.4 Å². The fourth-order valence-electron chi connectivity index (χ4n) is 1.16. The molecule has 0 aliphatic rings. The zero-order chi connectivity index (χ0) is 11.3. The van der Waals surface area contributed by atoms with E-state index in [1.807, 2.05) is 0 Å². The van der Waals surface area contributed by atoms with Crippen LogP contribution in [0.3, 0.4) is 0 Å². The number of halogens is 4. The quantitative estimate of drug-likeness (QED) is 0.748. The maximum atomic E-state index is 13.3. The van der Waals surface area contributed by atoms with Crippen LogP contribution in [0, 0.1) is 5.82 Å². The monoisotopic (exact) mass is 282 g/mol. The van der Waals surface area contributed by atoms with E-state index in [0.29, 0.717) is 12.0 Å². The zero-order valence-corrected chi connectivity index (χ0v) is 9.44. The molecule has 0 amide bonds. The van der Waals surface area contributed by atoms with Gasteiger partial charge in [0.05, 0.1) is 0 Å². The van der Waals surface area contributed by atoms with E-state index in [1.54, 1.807) is 0 Å². The molecule has 84 valence electrons. The minimum absolute atomic E-state index is 0.148. The number of aryl methyl sites for hydroxylation is 1. The number of hydrogen-bond donors (Lipinski definition) is 0. The first kappa shape index (κ1) is 12.4. The van der Waals surface area contributed by atoms with E-state index in [1.165, 1.54) is 12.1 Å². The van der Waals surface area contributed by atoms with Crippen molar-refractivity contribution >= 4 is 15.9 Å². The van der Waals surface area contributed by atoms with E-state index in [0.717, 1.165) is 17.8 Å². The molecule has 0 spiro atoms. The van der Waals surface area contributed by atoms with Gasteiger partial charge in [-0.15, -0.1) is 0 Å². The highest BCUT2D eigenvalue weighted by molar-refractivity contribution is 9.09. The second-order valence-electron chi connectivity index (χ2n) is 2.92. The molecule has 0 unspecified atom stereocenters. The topological polar surface area (TPSA) is 9.23 Å². The molecule has 0 heterocycles. The van der Waals surface area contributed by atoms with Crippen molar-refractivity contribution in [2.24, 2.45) is 0 Å². The molecule has 0 bridgehead atoms. The Morgan fingerprint density at radius 3 is 2.60 bits per heavy atom. The first-order chi connectivity index (χ1) is 7.13.